The minimum absolute atomic E-state index is 0. The summed E-state index contributed by atoms with van der Waals surface area (Å²) < 4.78 is 25.5. The van der Waals surface area contributed by atoms with Crippen LogP contribution in [0.25, 0.3) is 89.7 Å². The first-order chi connectivity index (χ1) is 21.4. The zero-order valence-corrected chi connectivity index (χ0v) is 24.8. The number of hydrogen-bond donors (Lipinski definition) is 3. The van der Waals surface area contributed by atoms with E-state index in [0.717, 1.165) is 33.0 Å². The molecule has 45 heavy (non-hydrogen) atoms. The number of aromatic amines is 2. The Morgan fingerprint density at radius 1 is 0.467 bits per heavy atom. The first-order valence-electron chi connectivity index (χ1n) is 13.7. The molecule has 13 heteroatoms. The average molecular weight is 653 g/mol. The molecule has 219 valence electrons. The van der Waals surface area contributed by atoms with Crippen molar-refractivity contribution >= 4 is 54.2 Å². The molecule has 9 rings (SSSR count). The van der Waals surface area contributed by atoms with E-state index < -0.39 is 10.0 Å². The fraction of sp³-hybridized carbons (Fsp3) is 0. The summed E-state index contributed by atoms with van der Waals surface area (Å²) in [7, 11) is -4.12. The Hall–Kier alpha value is -5.34. The molecule has 0 aliphatic carbocycles. The molecule has 2 aliphatic heterocycles. The van der Waals surface area contributed by atoms with Crippen LogP contribution in [0.15, 0.2) is 95.9 Å². The number of rotatable bonds is 1. The van der Waals surface area contributed by atoms with Crippen LogP contribution >= 0.6 is 0 Å². The van der Waals surface area contributed by atoms with Crippen molar-refractivity contribution in [2.24, 2.45) is 5.14 Å². The van der Waals surface area contributed by atoms with Gasteiger partial charge in [0.05, 0.1) is 4.90 Å². The van der Waals surface area contributed by atoms with Crippen LogP contribution in [0.5, 0.6) is 0 Å². The van der Waals surface area contributed by atoms with E-state index in [0.29, 0.717) is 51.0 Å². The topological polar surface area (TPSA) is 169 Å². The predicted molar refractivity (Wildman–Crippen MR) is 167 cm³/mol. The van der Waals surface area contributed by atoms with Crippen LogP contribution in [-0.2, 0) is 26.8 Å². The van der Waals surface area contributed by atoms with Crippen molar-refractivity contribution in [1.82, 2.24) is 39.9 Å². The zero-order chi connectivity index (χ0) is 29.6. The van der Waals surface area contributed by atoms with Crippen molar-refractivity contribution < 1.29 is 25.2 Å². The Labute approximate surface area is 265 Å². The molecule has 0 atom stereocenters. The number of nitrogens with one attached hydrogen (secondary N) is 2. The van der Waals surface area contributed by atoms with Crippen molar-refractivity contribution in [3.63, 3.8) is 0 Å². The normalized spacial score (nSPS) is 12.1. The summed E-state index contributed by atoms with van der Waals surface area (Å²) in [4.78, 5) is 35.9. The molecule has 0 saturated heterocycles. The van der Waals surface area contributed by atoms with Gasteiger partial charge in [-0.3, -0.25) is 0 Å². The fourth-order valence-corrected chi connectivity index (χ4v) is 6.65. The molecule has 0 amide bonds. The molecular weight excluding hydrogens is 633 g/mol. The molecule has 5 heterocycles. The number of aromatic nitrogens is 8. The number of sulfonamides is 1. The molecule has 0 saturated carbocycles. The number of nitrogens with zero attached hydrogens (tertiary/aromatic N) is 6. The number of nitrogens with two attached hydrogens (primary N) is 1. The van der Waals surface area contributed by atoms with Crippen molar-refractivity contribution in [3.05, 3.63) is 91.0 Å². The van der Waals surface area contributed by atoms with Gasteiger partial charge >= 0.3 is 0 Å². The average Bonchev–Trinajstić information content (AvgIpc) is 3.76. The first-order valence-corrected chi connectivity index (χ1v) is 15.2. The molecule has 4 aromatic carbocycles. The summed E-state index contributed by atoms with van der Waals surface area (Å²) >= 11 is 0. The van der Waals surface area contributed by atoms with Crippen LogP contribution in [-0.4, -0.2) is 48.3 Å². The largest absolute Gasteiger partial charge is 0.324 e. The second-order valence-electron chi connectivity index (χ2n) is 10.5. The maximum Gasteiger partial charge on any atom is 0.238 e. The van der Waals surface area contributed by atoms with Gasteiger partial charge in [0.2, 0.25) is 10.0 Å². The van der Waals surface area contributed by atoms with E-state index in [-0.39, 0.29) is 27.3 Å². The van der Waals surface area contributed by atoms with Crippen LogP contribution in [0.1, 0.15) is 0 Å². The molecule has 0 fully saturated rings. The molecule has 11 nitrogen and oxygen atoms in total. The number of H-pyrrole nitrogens is 2. The standard InChI is InChI=1S/C32H19N9O2S.Co/c33-44(42,43)23-15-7-14-22-24(23)32-40-30-21-13-6-5-12-20(21)28(38-30)36-26-17-9-2-1-8-16(17)25(34-26)35-27-18-10-3-4-11-19(18)29(37-27)39-31(22)41-32;/h1-15H,(H2,33,42,43)(H2,34,35,36,37,38,39,40,41);. The van der Waals surface area contributed by atoms with Gasteiger partial charge in [-0.2, -0.15) is 0 Å². The third kappa shape index (κ3) is 4.17. The molecule has 0 unspecified atom stereocenters. The van der Waals surface area contributed by atoms with Gasteiger partial charge in [0.1, 0.15) is 22.6 Å². The summed E-state index contributed by atoms with van der Waals surface area (Å²) in [6.45, 7) is 0. The van der Waals surface area contributed by atoms with E-state index in [9.17, 15) is 8.42 Å². The summed E-state index contributed by atoms with van der Waals surface area (Å²) in [6, 6.07) is 28.0. The molecule has 3 aromatic heterocycles. The zero-order valence-electron chi connectivity index (χ0n) is 23.0. The summed E-state index contributed by atoms with van der Waals surface area (Å²) in [5, 5.41) is 8.26. The molecule has 8 bridgehead atoms. The second kappa shape index (κ2) is 9.83. The van der Waals surface area contributed by atoms with E-state index in [4.69, 9.17) is 35.0 Å². The Kier molecular flexibility index (Phi) is 5.95. The third-order valence-corrected chi connectivity index (χ3v) is 8.80. The Bertz CT molecular complexity index is 2660. The van der Waals surface area contributed by atoms with Crippen LogP contribution < -0.4 is 5.14 Å². The molecule has 4 N–H and O–H groups in total. The molecule has 1 radical (unpaired) electrons. The Balaban J connectivity index is 0.00000300. The van der Waals surface area contributed by atoms with Crippen molar-refractivity contribution in [2.75, 3.05) is 0 Å². The van der Waals surface area contributed by atoms with Gasteiger partial charge in [-0.05, 0) is 6.07 Å². The monoisotopic (exact) mass is 652 g/mol. The molecular formula is C32H19CoN9O2S. The maximum absolute atomic E-state index is 12.7. The summed E-state index contributed by atoms with van der Waals surface area (Å²) in [5.74, 6) is 1.72. The number of primary sulfonamides is 1. The minimum atomic E-state index is -4.12. The number of benzene rings is 4. The van der Waals surface area contributed by atoms with Gasteiger partial charge in [0.15, 0.2) is 23.3 Å². The molecule has 2 aliphatic rings. The van der Waals surface area contributed by atoms with Crippen molar-refractivity contribution in [2.45, 2.75) is 4.90 Å². The van der Waals surface area contributed by atoms with Gasteiger partial charge in [-0.1, -0.05) is 84.9 Å². The Morgan fingerprint density at radius 3 is 1.31 bits per heavy atom. The van der Waals surface area contributed by atoms with Crippen molar-refractivity contribution in [3.8, 4) is 45.6 Å². The van der Waals surface area contributed by atoms with E-state index in [2.05, 4.69) is 9.97 Å². The van der Waals surface area contributed by atoms with Crippen LogP contribution in [0, 0.1) is 0 Å². The van der Waals surface area contributed by atoms with E-state index in [1.807, 2.05) is 72.8 Å². The van der Waals surface area contributed by atoms with Gasteiger partial charge in [-0.15, -0.1) is 0 Å². The predicted octanol–water partition coefficient (Wildman–Crippen LogP) is 5.51. The summed E-state index contributed by atoms with van der Waals surface area (Å²) in [5.41, 5.74) is 4.95. The number of fused-ring (bicyclic) bond motifs is 20. The summed E-state index contributed by atoms with van der Waals surface area (Å²) in [6.07, 6.45) is 0. The van der Waals surface area contributed by atoms with Gasteiger partial charge in [0, 0.05) is 60.6 Å². The van der Waals surface area contributed by atoms with E-state index in [1.165, 1.54) is 6.07 Å². The van der Waals surface area contributed by atoms with Crippen LogP contribution in [0.3, 0.4) is 0 Å². The van der Waals surface area contributed by atoms with Crippen LogP contribution in [0.2, 0.25) is 0 Å². The third-order valence-electron chi connectivity index (χ3n) is 7.85. The smallest absolute Gasteiger partial charge is 0.238 e. The van der Waals surface area contributed by atoms with Gasteiger partial charge in [0.25, 0.3) is 0 Å². The second-order valence-corrected chi connectivity index (χ2v) is 12.0. The Morgan fingerprint density at radius 2 is 0.844 bits per heavy atom. The number of hydrogen-bond acceptors (Lipinski definition) is 8. The molecule has 7 aromatic rings. The quantitative estimate of drug-likeness (QED) is 0.208. The minimum Gasteiger partial charge on any atom is -0.324 e. The van der Waals surface area contributed by atoms with Gasteiger partial charge in [-0.25, -0.2) is 43.5 Å². The first kappa shape index (κ1) is 27.2. The SMILES string of the molecule is NS(=O)(=O)c1cccc2c3nc4nc(nc5[nH]c(nc6nc(nc([nH]3)c12)-c1ccccc1-6)c1ccccc51)-c1ccccc1-4.[Co]. The van der Waals surface area contributed by atoms with Gasteiger partial charge < -0.3 is 9.97 Å². The van der Waals surface area contributed by atoms with Crippen molar-refractivity contribution in [1.29, 1.82) is 0 Å². The van der Waals surface area contributed by atoms with E-state index >= 15 is 0 Å². The van der Waals surface area contributed by atoms with Crippen LogP contribution in [0.4, 0.5) is 0 Å². The fourth-order valence-electron chi connectivity index (χ4n) is 5.90. The van der Waals surface area contributed by atoms with E-state index in [1.54, 1.807) is 12.1 Å². The maximum atomic E-state index is 12.7. The molecule has 0 spiro atoms.